The predicted octanol–water partition coefficient (Wildman–Crippen LogP) is 0.468. The molecule has 116 valence electrons. The van der Waals surface area contributed by atoms with Crippen molar-refractivity contribution in [2.45, 2.75) is 18.9 Å². The number of nitrogens with zero attached hydrogens (tertiary/aromatic N) is 3. The Morgan fingerprint density at radius 1 is 1.48 bits per heavy atom. The molecule has 1 atom stereocenters. The number of nitrogens with one attached hydrogen (secondary N) is 1. The Bertz CT molecular complexity index is 463. The van der Waals surface area contributed by atoms with Gasteiger partial charge in [-0.2, -0.15) is 0 Å². The number of hydrogen-bond donors (Lipinski definition) is 1. The molecule has 0 saturated carbocycles. The molecule has 1 aromatic rings. The number of carbonyl (C=O) groups excluding carboxylic acids is 1. The van der Waals surface area contributed by atoms with E-state index in [4.69, 9.17) is 4.74 Å². The molecule has 7 heteroatoms. The lowest BCUT2D eigenvalue weighted by Crippen LogP contribution is -2.40. The van der Waals surface area contributed by atoms with Crippen molar-refractivity contribution in [3.63, 3.8) is 0 Å². The van der Waals surface area contributed by atoms with E-state index in [2.05, 4.69) is 24.9 Å². The highest BCUT2D eigenvalue weighted by molar-refractivity contribution is 5.87. The number of hydrogen-bond acceptors (Lipinski definition) is 7. The quantitative estimate of drug-likeness (QED) is 0.732. The second-order valence-corrected chi connectivity index (χ2v) is 4.99. The zero-order valence-corrected chi connectivity index (χ0v) is 12.5. The summed E-state index contributed by atoms with van der Waals surface area (Å²) in [4.78, 5) is 22.1. The van der Waals surface area contributed by atoms with Gasteiger partial charge in [0.25, 0.3) is 0 Å². The van der Waals surface area contributed by atoms with Gasteiger partial charge in [0, 0.05) is 26.2 Å². The standard InChI is InChI=1S/C14H22N4O3/c1-20-7-6-18(10-11-4-3-5-16-11)13-9-15-8-12(17-13)14(19)21-2/h8-9,11,16H,3-7,10H2,1-2H3. The summed E-state index contributed by atoms with van der Waals surface area (Å²) in [5.74, 6) is 0.193. The molecule has 7 nitrogen and oxygen atoms in total. The fourth-order valence-electron chi connectivity index (χ4n) is 2.39. The van der Waals surface area contributed by atoms with Gasteiger partial charge < -0.3 is 19.7 Å². The molecule has 0 radical (unpaired) electrons. The van der Waals surface area contributed by atoms with E-state index in [1.54, 1.807) is 13.3 Å². The summed E-state index contributed by atoms with van der Waals surface area (Å²) in [7, 11) is 3.00. The molecule has 1 aromatic heterocycles. The first kappa shape index (κ1) is 15.7. The number of ether oxygens (including phenoxy) is 2. The second kappa shape index (κ2) is 7.90. The van der Waals surface area contributed by atoms with Crippen LogP contribution < -0.4 is 10.2 Å². The fourth-order valence-corrected chi connectivity index (χ4v) is 2.39. The number of rotatable bonds is 7. The average Bonchev–Trinajstić information content (AvgIpc) is 3.03. The third-order valence-electron chi connectivity index (χ3n) is 3.51. The van der Waals surface area contributed by atoms with Crippen molar-refractivity contribution in [2.75, 3.05) is 45.4 Å². The number of aromatic nitrogens is 2. The number of esters is 1. The van der Waals surface area contributed by atoms with Crippen LogP contribution in [0.15, 0.2) is 12.4 Å². The lowest BCUT2D eigenvalue weighted by molar-refractivity contribution is 0.0593. The Morgan fingerprint density at radius 3 is 3.00 bits per heavy atom. The third kappa shape index (κ3) is 4.37. The molecule has 1 fully saturated rings. The highest BCUT2D eigenvalue weighted by Crippen LogP contribution is 2.14. The van der Waals surface area contributed by atoms with Crippen molar-refractivity contribution >= 4 is 11.8 Å². The van der Waals surface area contributed by atoms with Crippen LogP contribution in [0.4, 0.5) is 5.82 Å². The summed E-state index contributed by atoms with van der Waals surface area (Å²) < 4.78 is 9.84. The molecule has 1 aliphatic heterocycles. The van der Waals surface area contributed by atoms with E-state index in [-0.39, 0.29) is 5.69 Å². The van der Waals surface area contributed by atoms with E-state index in [1.165, 1.54) is 19.7 Å². The van der Waals surface area contributed by atoms with Gasteiger partial charge in [-0.15, -0.1) is 0 Å². The average molecular weight is 294 g/mol. The molecule has 1 saturated heterocycles. The van der Waals surface area contributed by atoms with E-state index in [0.29, 0.717) is 25.0 Å². The first-order chi connectivity index (χ1) is 10.2. The van der Waals surface area contributed by atoms with Crippen molar-refractivity contribution in [3.05, 3.63) is 18.1 Å². The van der Waals surface area contributed by atoms with Gasteiger partial charge in [0.1, 0.15) is 5.82 Å². The molecular weight excluding hydrogens is 272 g/mol. The first-order valence-corrected chi connectivity index (χ1v) is 7.12. The lowest BCUT2D eigenvalue weighted by atomic mass is 10.2. The minimum absolute atomic E-state index is 0.219. The fraction of sp³-hybridized carbons (Fsp3) is 0.643. The molecule has 2 heterocycles. The van der Waals surface area contributed by atoms with E-state index < -0.39 is 5.97 Å². The largest absolute Gasteiger partial charge is 0.464 e. The Labute approximate surface area is 124 Å². The van der Waals surface area contributed by atoms with Gasteiger partial charge in [0.2, 0.25) is 0 Å². The van der Waals surface area contributed by atoms with E-state index >= 15 is 0 Å². The Kier molecular flexibility index (Phi) is 5.89. The monoisotopic (exact) mass is 294 g/mol. The van der Waals surface area contributed by atoms with Gasteiger partial charge in [-0.05, 0) is 19.4 Å². The molecule has 0 aliphatic carbocycles. The summed E-state index contributed by atoms with van der Waals surface area (Å²) in [6, 6.07) is 0.436. The van der Waals surface area contributed by atoms with Gasteiger partial charge in [0.05, 0.1) is 26.1 Å². The molecule has 0 spiro atoms. The number of carbonyl (C=O) groups is 1. The highest BCUT2D eigenvalue weighted by atomic mass is 16.5. The zero-order valence-electron chi connectivity index (χ0n) is 12.5. The number of anilines is 1. The topological polar surface area (TPSA) is 76.6 Å². The van der Waals surface area contributed by atoms with Crippen LogP contribution >= 0.6 is 0 Å². The van der Waals surface area contributed by atoms with Gasteiger partial charge in [-0.3, -0.25) is 4.98 Å². The van der Waals surface area contributed by atoms with Crippen LogP contribution in [0, 0.1) is 0 Å². The summed E-state index contributed by atoms with van der Waals surface area (Å²) in [6.07, 6.45) is 5.42. The Balaban J connectivity index is 2.12. The first-order valence-electron chi connectivity index (χ1n) is 7.12. The van der Waals surface area contributed by atoms with Gasteiger partial charge >= 0.3 is 5.97 Å². The van der Waals surface area contributed by atoms with E-state index in [1.807, 2.05) is 0 Å². The molecule has 2 rings (SSSR count). The molecule has 21 heavy (non-hydrogen) atoms. The van der Waals surface area contributed by atoms with Crippen LogP contribution in [-0.4, -0.2) is 62.4 Å². The SMILES string of the molecule is COCCN(CC1CCCN1)c1cncc(C(=O)OC)n1. The van der Waals surface area contributed by atoms with Crippen LogP contribution in [0.25, 0.3) is 0 Å². The highest BCUT2D eigenvalue weighted by Gasteiger charge is 2.20. The van der Waals surface area contributed by atoms with Crippen LogP contribution in [0.1, 0.15) is 23.3 Å². The van der Waals surface area contributed by atoms with Crippen LogP contribution in [0.3, 0.4) is 0 Å². The van der Waals surface area contributed by atoms with Crippen molar-refractivity contribution in [3.8, 4) is 0 Å². The maximum atomic E-state index is 11.6. The Hall–Kier alpha value is -1.73. The minimum Gasteiger partial charge on any atom is -0.464 e. The molecule has 0 amide bonds. The lowest BCUT2D eigenvalue weighted by Gasteiger charge is -2.26. The molecular formula is C14H22N4O3. The van der Waals surface area contributed by atoms with Crippen molar-refractivity contribution < 1.29 is 14.3 Å². The Morgan fingerprint density at radius 2 is 2.33 bits per heavy atom. The number of methoxy groups -OCH3 is 2. The molecule has 1 aliphatic rings. The van der Waals surface area contributed by atoms with Gasteiger partial charge in [0.15, 0.2) is 5.69 Å². The summed E-state index contributed by atoms with van der Waals surface area (Å²) in [6.45, 7) is 3.17. The van der Waals surface area contributed by atoms with Crippen molar-refractivity contribution in [1.82, 2.24) is 15.3 Å². The summed E-state index contributed by atoms with van der Waals surface area (Å²) in [5, 5.41) is 3.46. The normalized spacial score (nSPS) is 17.7. The zero-order chi connectivity index (χ0) is 15.1. The maximum Gasteiger partial charge on any atom is 0.358 e. The molecule has 1 unspecified atom stereocenters. The van der Waals surface area contributed by atoms with E-state index in [9.17, 15) is 4.79 Å². The molecule has 0 bridgehead atoms. The van der Waals surface area contributed by atoms with Crippen molar-refractivity contribution in [1.29, 1.82) is 0 Å². The predicted molar refractivity (Wildman–Crippen MR) is 78.5 cm³/mol. The molecule has 1 N–H and O–H groups in total. The van der Waals surface area contributed by atoms with Crippen molar-refractivity contribution in [2.24, 2.45) is 0 Å². The van der Waals surface area contributed by atoms with E-state index in [0.717, 1.165) is 19.5 Å². The molecule has 0 aromatic carbocycles. The smallest absolute Gasteiger partial charge is 0.358 e. The third-order valence-corrected chi connectivity index (χ3v) is 3.51. The second-order valence-electron chi connectivity index (χ2n) is 4.99. The summed E-state index contributed by atoms with van der Waals surface area (Å²) >= 11 is 0. The van der Waals surface area contributed by atoms with Crippen LogP contribution in [0.5, 0.6) is 0 Å². The van der Waals surface area contributed by atoms with Crippen LogP contribution in [0.2, 0.25) is 0 Å². The maximum absolute atomic E-state index is 11.6. The van der Waals surface area contributed by atoms with Gasteiger partial charge in [-0.1, -0.05) is 0 Å². The minimum atomic E-state index is -0.477. The van der Waals surface area contributed by atoms with Crippen LogP contribution in [-0.2, 0) is 9.47 Å². The van der Waals surface area contributed by atoms with Gasteiger partial charge in [-0.25, -0.2) is 9.78 Å². The summed E-state index contributed by atoms with van der Waals surface area (Å²) in [5.41, 5.74) is 0.219.